The van der Waals surface area contributed by atoms with Crippen LogP contribution in [0.4, 0.5) is 35.6 Å². The van der Waals surface area contributed by atoms with E-state index in [2.05, 4.69) is 25.3 Å². The lowest BCUT2D eigenvalue weighted by Crippen LogP contribution is -2.03. The molecular formula is C27H23F3N6O6S2. The number of aromatic nitrogens is 3. The molecule has 0 saturated carbocycles. The number of nitro benzene ring substituents is 1. The van der Waals surface area contributed by atoms with E-state index in [4.69, 9.17) is 4.74 Å². The zero-order valence-electron chi connectivity index (χ0n) is 23.4. The van der Waals surface area contributed by atoms with Crippen LogP contribution in [-0.2, 0) is 16.5 Å². The molecule has 5 rings (SSSR count). The molecule has 0 aliphatic rings. The first-order valence-electron chi connectivity index (χ1n) is 12.4. The predicted octanol–water partition coefficient (Wildman–Crippen LogP) is 6.75. The minimum absolute atomic E-state index is 0.110. The van der Waals surface area contributed by atoms with Crippen molar-refractivity contribution in [2.45, 2.75) is 10.4 Å². The highest BCUT2D eigenvalue weighted by Crippen LogP contribution is 2.39. The van der Waals surface area contributed by atoms with E-state index >= 15 is 0 Å². The fourth-order valence-electron chi connectivity index (χ4n) is 3.95. The number of hydrogen-bond donors (Lipinski definition) is 2. The van der Waals surface area contributed by atoms with Crippen molar-refractivity contribution >= 4 is 78.7 Å². The zero-order chi connectivity index (χ0) is 32.2. The number of halogens is 3. The highest BCUT2D eigenvalue weighted by atomic mass is 32.2. The average molecular weight is 649 g/mol. The number of benzene rings is 3. The lowest BCUT2D eigenvalue weighted by molar-refractivity contribution is -0.384. The van der Waals surface area contributed by atoms with Gasteiger partial charge in [0, 0.05) is 25.1 Å². The number of carbonyl (C=O) groups excluding carboxylic acids is 2. The molecular weight excluding hydrogens is 625 g/mol. The highest BCUT2D eigenvalue weighted by Gasteiger charge is 2.29. The van der Waals surface area contributed by atoms with E-state index in [-0.39, 0.29) is 27.9 Å². The SMILES string of the molecule is CNc1ccc(C(=O)OC)cc1[N+](=O)[O-].COC(=O)c1ccc2c(c1)nc(Nc1nc3ccc(SC(F)(F)F)cc3s1)n2C. The van der Waals surface area contributed by atoms with Gasteiger partial charge in [-0.25, -0.2) is 19.6 Å². The largest absolute Gasteiger partial charge is 0.465 e. The molecule has 2 N–H and O–H groups in total. The third kappa shape index (κ3) is 7.35. The minimum atomic E-state index is -4.34. The molecule has 0 fully saturated rings. The molecule has 12 nitrogen and oxygen atoms in total. The van der Waals surface area contributed by atoms with Crippen molar-refractivity contribution in [1.29, 1.82) is 0 Å². The number of aryl methyl sites for hydroxylation is 1. The maximum absolute atomic E-state index is 12.6. The Bertz CT molecular complexity index is 1870. The fraction of sp³-hybridized carbons (Fsp3) is 0.185. The van der Waals surface area contributed by atoms with E-state index in [0.717, 1.165) is 5.52 Å². The van der Waals surface area contributed by atoms with Gasteiger partial charge in [-0.05, 0) is 60.3 Å². The third-order valence-electron chi connectivity index (χ3n) is 6.00. The van der Waals surface area contributed by atoms with Gasteiger partial charge in [-0.2, -0.15) is 13.2 Å². The van der Waals surface area contributed by atoms with Gasteiger partial charge in [-0.3, -0.25) is 10.1 Å². The van der Waals surface area contributed by atoms with Gasteiger partial charge in [0.25, 0.3) is 5.69 Å². The summed E-state index contributed by atoms with van der Waals surface area (Å²) in [5.74, 6) is -0.558. The van der Waals surface area contributed by atoms with Crippen LogP contribution in [0.5, 0.6) is 0 Å². The molecule has 0 spiro atoms. The number of nitrogens with one attached hydrogen (secondary N) is 2. The summed E-state index contributed by atoms with van der Waals surface area (Å²) < 4.78 is 49.4. The number of nitro groups is 1. The number of fused-ring (bicyclic) bond motifs is 2. The van der Waals surface area contributed by atoms with Gasteiger partial charge in [0.05, 0.1) is 51.5 Å². The van der Waals surface area contributed by atoms with Crippen molar-refractivity contribution in [1.82, 2.24) is 14.5 Å². The van der Waals surface area contributed by atoms with E-state index < -0.39 is 22.4 Å². The summed E-state index contributed by atoms with van der Waals surface area (Å²) in [4.78, 5) is 41.9. The Hall–Kier alpha value is -4.90. The number of alkyl halides is 3. The molecule has 0 radical (unpaired) electrons. The first-order chi connectivity index (χ1) is 20.8. The number of anilines is 3. The van der Waals surface area contributed by atoms with Crippen LogP contribution in [0.25, 0.3) is 21.3 Å². The van der Waals surface area contributed by atoms with Crippen LogP contribution in [0.1, 0.15) is 20.7 Å². The topological polar surface area (TPSA) is 151 Å². The third-order valence-corrected chi connectivity index (χ3v) is 7.65. The van der Waals surface area contributed by atoms with Crippen molar-refractivity contribution < 1.29 is 37.2 Å². The summed E-state index contributed by atoms with van der Waals surface area (Å²) in [6.07, 6.45) is 0. The lowest BCUT2D eigenvalue weighted by Gasteiger charge is -2.04. The Balaban J connectivity index is 0.000000249. The van der Waals surface area contributed by atoms with Crippen molar-refractivity contribution in [2.24, 2.45) is 7.05 Å². The quantitative estimate of drug-likeness (QED) is 0.0835. The Labute approximate surface area is 255 Å². The van der Waals surface area contributed by atoms with Gasteiger partial charge in [-0.1, -0.05) is 11.3 Å². The van der Waals surface area contributed by atoms with Gasteiger partial charge in [-0.15, -0.1) is 0 Å². The first-order valence-corrected chi connectivity index (χ1v) is 14.0. The van der Waals surface area contributed by atoms with Crippen molar-refractivity contribution in [3.05, 3.63) is 75.8 Å². The molecule has 44 heavy (non-hydrogen) atoms. The summed E-state index contributed by atoms with van der Waals surface area (Å²) in [6.45, 7) is 0. The number of thioether (sulfide) groups is 1. The van der Waals surface area contributed by atoms with Crippen LogP contribution in [-0.4, -0.2) is 58.2 Å². The Morgan fingerprint density at radius 2 is 1.64 bits per heavy atom. The van der Waals surface area contributed by atoms with Crippen molar-refractivity contribution in [2.75, 3.05) is 31.9 Å². The van der Waals surface area contributed by atoms with E-state index in [1.54, 1.807) is 42.9 Å². The summed E-state index contributed by atoms with van der Waals surface area (Å²) in [6, 6.07) is 13.6. The van der Waals surface area contributed by atoms with Crippen LogP contribution in [0.15, 0.2) is 59.5 Å². The van der Waals surface area contributed by atoms with Crippen LogP contribution in [0.3, 0.4) is 0 Å². The number of rotatable bonds is 7. The van der Waals surface area contributed by atoms with Gasteiger partial charge in [0.2, 0.25) is 5.95 Å². The number of thiazole rings is 1. The van der Waals surface area contributed by atoms with E-state index in [1.165, 1.54) is 55.9 Å². The molecule has 0 amide bonds. The summed E-state index contributed by atoms with van der Waals surface area (Å²) in [5, 5.41) is 16.9. The van der Waals surface area contributed by atoms with Crippen LogP contribution < -0.4 is 10.6 Å². The Morgan fingerprint density at radius 1 is 0.977 bits per heavy atom. The molecule has 0 bridgehead atoms. The van der Waals surface area contributed by atoms with E-state index in [9.17, 15) is 32.9 Å². The predicted molar refractivity (Wildman–Crippen MR) is 161 cm³/mol. The van der Waals surface area contributed by atoms with Crippen LogP contribution in [0.2, 0.25) is 0 Å². The normalized spacial score (nSPS) is 11.1. The second-order valence-electron chi connectivity index (χ2n) is 8.74. The molecule has 0 unspecified atom stereocenters. The molecule has 17 heteroatoms. The number of methoxy groups -OCH3 is 2. The minimum Gasteiger partial charge on any atom is -0.465 e. The smallest absolute Gasteiger partial charge is 0.446 e. The monoisotopic (exact) mass is 648 g/mol. The number of carbonyl (C=O) groups is 2. The number of hydrogen-bond acceptors (Lipinski definition) is 12. The first kappa shape index (κ1) is 32.0. The van der Waals surface area contributed by atoms with E-state index in [1.807, 2.05) is 0 Å². The number of esters is 2. The second-order valence-corrected chi connectivity index (χ2v) is 10.9. The van der Waals surface area contributed by atoms with Crippen molar-refractivity contribution in [3.63, 3.8) is 0 Å². The molecule has 230 valence electrons. The van der Waals surface area contributed by atoms with Gasteiger partial charge in [0.1, 0.15) is 5.69 Å². The standard InChI is InChI=1S/C18H13F3N4O2S2.C9H10N2O4/c1-25-13-6-3-9(15(26)27-2)7-12(13)22-16(25)24-17-23-11-5-4-10(8-14(11)28-17)29-18(19,20)21;1-10-7-4-3-6(9(12)15-2)5-8(7)11(13)14/h3-8H,1-2H3,(H,22,23,24);3-5,10H,1-2H3. The Morgan fingerprint density at radius 3 is 2.25 bits per heavy atom. The molecule has 0 aliphatic heterocycles. The number of imidazole rings is 1. The average Bonchev–Trinajstić information content (AvgIpc) is 3.54. The summed E-state index contributed by atoms with van der Waals surface area (Å²) in [5.41, 5.74) is -1.60. The summed E-state index contributed by atoms with van der Waals surface area (Å²) in [7, 11) is 5.91. The molecule has 0 atom stereocenters. The zero-order valence-corrected chi connectivity index (χ0v) is 25.0. The molecule has 2 aromatic heterocycles. The fourth-order valence-corrected chi connectivity index (χ4v) is 5.50. The molecule has 2 heterocycles. The molecule has 5 aromatic rings. The van der Waals surface area contributed by atoms with E-state index in [0.29, 0.717) is 38.1 Å². The van der Waals surface area contributed by atoms with Gasteiger partial charge < -0.3 is 24.7 Å². The maximum Gasteiger partial charge on any atom is 0.446 e. The Kier molecular flexibility index (Phi) is 9.59. The second kappa shape index (κ2) is 13.2. The molecule has 3 aromatic carbocycles. The lowest BCUT2D eigenvalue weighted by atomic mass is 10.2. The highest BCUT2D eigenvalue weighted by molar-refractivity contribution is 8.00. The number of ether oxygens (including phenoxy) is 2. The maximum atomic E-state index is 12.6. The summed E-state index contributed by atoms with van der Waals surface area (Å²) >= 11 is 1.08. The van der Waals surface area contributed by atoms with Crippen LogP contribution >= 0.6 is 23.1 Å². The molecule has 0 aliphatic carbocycles. The number of nitrogens with zero attached hydrogens (tertiary/aromatic N) is 4. The van der Waals surface area contributed by atoms with Crippen LogP contribution in [0, 0.1) is 10.1 Å². The van der Waals surface area contributed by atoms with Gasteiger partial charge >= 0.3 is 17.4 Å². The van der Waals surface area contributed by atoms with Crippen molar-refractivity contribution in [3.8, 4) is 0 Å². The van der Waals surface area contributed by atoms with Gasteiger partial charge in [0.15, 0.2) is 5.13 Å². The molecule has 0 saturated heterocycles.